The molecule has 0 amide bonds. The van der Waals surface area contributed by atoms with Gasteiger partial charge in [-0.05, 0) is 19.1 Å². The lowest BCUT2D eigenvalue weighted by Gasteiger charge is -2.48. The predicted octanol–water partition coefficient (Wildman–Crippen LogP) is 0.897. The third-order valence-electron chi connectivity index (χ3n) is 5.46. The Balaban J connectivity index is 1.61. The summed E-state index contributed by atoms with van der Waals surface area (Å²) >= 11 is 0. The lowest BCUT2D eigenvalue weighted by Crippen LogP contribution is -2.60. The highest BCUT2D eigenvalue weighted by molar-refractivity contribution is 7.89. The van der Waals surface area contributed by atoms with E-state index in [0.29, 0.717) is 5.92 Å². The Morgan fingerprint density at radius 3 is 2.25 bits per heavy atom. The molecule has 4 saturated heterocycles. The van der Waals surface area contributed by atoms with E-state index in [4.69, 9.17) is 0 Å². The van der Waals surface area contributed by atoms with Gasteiger partial charge in [-0.3, -0.25) is 0 Å². The van der Waals surface area contributed by atoms with Gasteiger partial charge in [-0.1, -0.05) is 24.6 Å². The zero-order valence-electron chi connectivity index (χ0n) is 14.2. The quantitative estimate of drug-likeness (QED) is 0.824. The van der Waals surface area contributed by atoms with Gasteiger partial charge in [0.25, 0.3) is 10.0 Å². The minimum Gasteiger partial charge on any atom is -0.300 e. The van der Waals surface area contributed by atoms with Gasteiger partial charge < -0.3 is 9.80 Å². The maximum absolute atomic E-state index is 12.5. The smallest absolute Gasteiger partial charge is 0.276 e. The number of aryl methyl sites for hydroxylation is 1. The second-order valence-electron chi connectivity index (χ2n) is 7.63. The van der Waals surface area contributed by atoms with Crippen molar-refractivity contribution in [1.29, 1.82) is 0 Å². The van der Waals surface area contributed by atoms with Crippen molar-refractivity contribution in [3.63, 3.8) is 0 Å². The van der Waals surface area contributed by atoms with Crippen LogP contribution in [0, 0.1) is 18.3 Å². The van der Waals surface area contributed by atoms with Crippen molar-refractivity contribution < 1.29 is 8.42 Å². The molecule has 4 fully saturated rings. The van der Waals surface area contributed by atoms with Crippen LogP contribution in [0.15, 0.2) is 34.3 Å². The van der Waals surface area contributed by atoms with Gasteiger partial charge in [0.05, 0.1) is 10.6 Å². The van der Waals surface area contributed by atoms with E-state index in [-0.39, 0.29) is 10.3 Å². The molecule has 0 aromatic heterocycles. The van der Waals surface area contributed by atoms with E-state index in [1.54, 1.807) is 24.3 Å². The third kappa shape index (κ3) is 2.74. The number of sulfonamides is 1. The molecule has 0 saturated carbocycles. The number of benzene rings is 1. The van der Waals surface area contributed by atoms with Crippen LogP contribution in [0.2, 0.25) is 0 Å². The second-order valence-corrected chi connectivity index (χ2v) is 9.29. The molecular weight excluding hydrogens is 324 g/mol. The molecule has 4 aliphatic heterocycles. The Hall–Kier alpha value is -1.44. The van der Waals surface area contributed by atoms with Crippen LogP contribution < -0.4 is 4.83 Å². The standard InChI is InChI=1S/C17H24N4O2S/c1-13-3-5-15(6-4-13)24(22,23)19-18-16-14-9-20-7-8-21(10-14)12-17(16,2)11-20/h3-6,14,19H,7-12H2,1-2H3/b18-16+. The summed E-state index contributed by atoms with van der Waals surface area (Å²) in [6, 6.07) is 6.85. The maximum Gasteiger partial charge on any atom is 0.276 e. The van der Waals surface area contributed by atoms with Crippen molar-refractivity contribution in [2.75, 3.05) is 39.3 Å². The van der Waals surface area contributed by atoms with Gasteiger partial charge in [-0.15, -0.1) is 0 Å². The average molecular weight is 348 g/mol. The maximum atomic E-state index is 12.5. The summed E-state index contributed by atoms with van der Waals surface area (Å²) in [4.78, 5) is 7.73. The second kappa shape index (κ2) is 5.54. The van der Waals surface area contributed by atoms with Gasteiger partial charge in [0.2, 0.25) is 0 Å². The molecule has 2 unspecified atom stereocenters. The first-order valence-corrected chi connectivity index (χ1v) is 9.95. The molecule has 7 heteroatoms. The summed E-state index contributed by atoms with van der Waals surface area (Å²) in [6.45, 7) is 10.3. The van der Waals surface area contributed by atoms with E-state index in [9.17, 15) is 8.42 Å². The van der Waals surface area contributed by atoms with Crippen molar-refractivity contribution in [3.8, 4) is 0 Å². The average Bonchev–Trinajstić information content (AvgIpc) is 2.74. The number of hydrazone groups is 1. The molecule has 130 valence electrons. The van der Waals surface area contributed by atoms with Gasteiger partial charge >= 0.3 is 0 Å². The minimum atomic E-state index is -3.61. The molecule has 0 spiro atoms. The Morgan fingerprint density at radius 1 is 1.12 bits per heavy atom. The molecule has 24 heavy (non-hydrogen) atoms. The van der Waals surface area contributed by atoms with Crippen molar-refractivity contribution in [2.24, 2.45) is 16.4 Å². The highest BCUT2D eigenvalue weighted by Gasteiger charge is 2.49. The Kier molecular flexibility index (Phi) is 3.71. The number of piperidine rings is 2. The number of hydrogen-bond acceptors (Lipinski definition) is 5. The molecule has 1 aromatic rings. The van der Waals surface area contributed by atoms with Crippen LogP contribution in [-0.2, 0) is 10.0 Å². The largest absolute Gasteiger partial charge is 0.300 e. The molecule has 5 rings (SSSR count). The van der Waals surface area contributed by atoms with Crippen LogP contribution in [0.4, 0.5) is 0 Å². The molecule has 4 aliphatic rings. The first kappa shape index (κ1) is 16.1. The van der Waals surface area contributed by atoms with E-state index >= 15 is 0 Å². The van der Waals surface area contributed by atoms with E-state index in [1.165, 1.54) is 0 Å². The Morgan fingerprint density at radius 2 is 1.71 bits per heavy atom. The molecular formula is C17H24N4O2S. The zero-order chi connectivity index (χ0) is 16.9. The molecule has 4 heterocycles. The normalized spacial score (nSPS) is 36.8. The third-order valence-corrected chi connectivity index (χ3v) is 6.68. The fourth-order valence-corrected chi connectivity index (χ4v) is 5.22. The fourth-order valence-electron chi connectivity index (χ4n) is 4.40. The van der Waals surface area contributed by atoms with Crippen molar-refractivity contribution in [3.05, 3.63) is 29.8 Å². The number of nitrogens with zero attached hydrogens (tertiary/aromatic N) is 3. The fraction of sp³-hybridized carbons (Fsp3) is 0.588. The van der Waals surface area contributed by atoms with Gasteiger partial charge in [-0.2, -0.15) is 13.5 Å². The summed E-state index contributed by atoms with van der Waals surface area (Å²) in [5.41, 5.74) is 1.99. The summed E-state index contributed by atoms with van der Waals surface area (Å²) in [7, 11) is -3.61. The van der Waals surface area contributed by atoms with Crippen molar-refractivity contribution in [2.45, 2.75) is 18.7 Å². The lowest BCUT2D eigenvalue weighted by molar-refractivity contribution is 0.130. The molecule has 1 aromatic carbocycles. The summed E-state index contributed by atoms with van der Waals surface area (Å²) in [5.74, 6) is 0.320. The number of fused-ring (bicyclic) bond motifs is 1. The van der Waals surface area contributed by atoms with Crippen LogP contribution in [0.1, 0.15) is 12.5 Å². The van der Waals surface area contributed by atoms with Crippen LogP contribution in [-0.4, -0.2) is 63.2 Å². The van der Waals surface area contributed by atoms with Gasteiger partial charge in [0.1, 0.15) is 0 Å². The first-order chi connectivity index (χ1) is 11.4. The topological polar surface area (TPSA) is 65.0 Å². The Labute approximate surface area is 143 Å². The highest BCUT2D eigenvalue weighted by atomic mass is 32.2. The van der Waals surface area contributed by atoms with Gasteiger partial charge in [0.15, 0.2) is 0 Å². The summed E-state index contributed by atoms with van der Waals surface area (Å²) in [6.07, 6.45) is 0. The molecule has 0 aliphatic carbocycles. The van der Waals surface area contributed by atoms with E-state index in [1.807, 2.05) is 6.92 Å². The van der Waals surface area contributed by atoms with Crippen molar-refractivity contribution >= 4 is 15.7 Å². The molecule has 1 N–H and O–H groups in total. The summed E-state index contributed by atoms with van der Waals surface area (Å²) in [5, 5.41) is 4.43. The molecule has 4 bridgehead atoms. The van der Waals surface area contributed by atoms with Crippen LogP contribution in [0.5, 0.6) is 0 Å². The molecule has 2 atom stereocenters. The van der Waals surface area contributed by atoms with Gasteiger partial charge in [-0.25, -0.2) is 4.83 Å². The van der Waals surface area contributed by atoms with Crippen LogP contribution >= 0.6 is 0 Å². The number of hydrogen-bond donors (Lipinski definition) is 1. The zero-order valence-corrected chi connectivity index (χ0v) is 15.0. The molecule has 0 radical (unpaired) electrons. The number of nitrogens with one attached hydrogen (secondary N) is 1. The first-order valence-electron chi connectivity index (χ1n) is 8.47. The van der Waals surface area contributed by atoms with Gasteiger partial charge in [0, 0.05) is 50.6 Å². The molecule has 6 nitrogen and oxygen atoms in total. The van der Waals surface area contributed by atoms with Crippen LogP contribution in [0.3, 0.4) is 0 Å². The number of rotatable bonds is 3. The minimum absolute atomic E-state index is 0.0620. The monoisotopic (exact) mass is 348 g/mol. The van der Waals surface area contributed by atoms with Crippen molar-refractivity contribution in [1.82, 2.24) is 14.6 Å². The highest BCUT2D eigenvalue weighted by Crippen LogP contribution is 2.38. The SMILES string of the molecule is Cc1ccc(S(=O)(=O)N/N=C2\C3CN4CCN(C3)CC2(C)C4)cc1. The predicted molar refractivity (Wildman–Crippen MR) is 93.4 cm³/mol. The Bertz CT molecular complexity index is 756. The van der Waals surface area contributed by atoms with E-state index in [0.717, 1.165) is 50.5 Å². The lowest BCUT2D eigenvalue weighted by atomic mass is 9.72. The van der Waals surface area contributed by atoms with Crippen LogP contribution in [0.25, 0.3) is 0 Å². The van der Waals surface area contributed by atoms with E-state index < -0.39 is 10.0 Å². The summed E-state index contributed by atoms with van der Waals surface area (Å²) < 4.78 is 25.0. The van der Waals surface area contributed by atoms with E-state index in [2.05, 4.69) is 26.7 Å².